The summed E-state index contributed by atoms with van der Waals surface area (Å²) in [5.74, 6) is 0.435. The molecule has 1 rings (SSSR count). The van der Waals surface area contributed by atoms with Gasteiger partial charge in [-0.2, -0.15) is 0 Å². The highest BCUT2D eigenvalue weighted by molar-refractivity contribution is 5.69. The van der Waals surface area contributed by atoms with E-state index in [1.54, 1.807) is 0 Å². The number of aliphatic hydroxyl groups is 1. The molecule has 0 saturated carbocycles. The van der Waals surface area contributed by atoms with Crippen LogP contribution in [0.5, 0.6) is 0 Å². The second kappa shape index (κ2) is 8.46. The minimum atomic E-state index is -0.522. The van der Waals surface area contributed by atoms with E-state index in [1.807, 2.05) is 13.8 Å². The monoisotopic (exact) mass is 282 g/mol. The summed E-state index contributed by atoms with van der Waals surface area (Å²) in [6, 6.07) is 0. The quantitative estimate of drug-likeness (QED) is 0.615. The Morgan fingerprint density at radius 3 is 2.70 bits per heavy atom. The van der Waals surface area contributed by atoms with Crippen molar-refractivity contribution in [3.05, 3.63) is 11.6 Å². The molecule has 3 atom stereocenters. The van der Waals surface area contributed by atoms with E-state index in [0.29, 0.717) is 12.3 Å². The number of hydrogen-bond acceptors (Lipinski definition) is 3. The summed E-state index contributed by atoms with van der Waals surface area (Å²) in [5.41, 5.74) is 0.990. The van der Waals surface area contributed by atoms with Crippen molar-refractivity contribution in [2.75, 3.05) is 0 Å². The van der Waals surface area contributed by atoms with Crippen LogP contribution in [0, 0.1) is 11.8 Å². The summed E-state index contributed by atoms with van der Waals surface area (Å²) in [6.07, 6.45) is 6.86. The Morgan fingerprint density at radius 2 is 2.05 bits per heavy atom. The number of carbonyl (C=O) groups is 1. The third-order valence-corrected chi connectivity index (χ3v) is 4.11. The zero-order valence-corrected chi connectivity index (χ0v) is 13.4. The number of aliphatic hydroxyl groups excluding tert-OH is 1. The molecule has 0 radical (unpaired) electrons. The molecule has 1 N–H and O–H groups in total. The van der Waals surface area contributed by atoms with Gasteiger partial charge in [0.05, 0.1) is 6.10 Å². The van der Waals surface area contributed by atoms with E-state index in [0.717, 1.165) is 37.7 Å². The highest BCUT2D eigenvalue weighted by atomic mass is 16.5. The highest BCUT2D eigenvalue weighted by Crippen LogP contribution is 2.25. The Labute approximate surface area is 123 Å². The van der Waals surface area contributed by atoms with E-state index < -0.39 is 6.10 Å². The molecule has 3 heteroatoms. The maximum absolute atomic E-state index is 11.6. The van der Waals surface area contributed by atoms with Gasteiger partial charge in [-0.25, -0.2) is 0 Å². The van der Waals surface area contributed by atoms with Gasteiger partial charge >= 0.3 is 5.97 Å². The fraction of sp³-hybridized carbons (Fsp3) is 0.824. The van der Waals surface area contributed by atoms with Crippen molar-refractivity contribution >= 4 is 5.97 Å². The third kappa shape index (κ3) is 5.66. The molecule has 0 aromatic carbocycles. The van der Waals surface area contributed by atoms with Crippen LogP contribution in [0.3, 0.4) is 0 Å². The van der Waals surface area contributed by atoms with Gasteiger partial charge in [0.1, 0.15) is 6.10 Å². The van der Waals surface area contributed by atoms with Gasteiger partial charge in [0.2, 0.25) is 0 Å². The van der Waals surface area contributed by atoms with Crippen molar-refractivity contribution in [1.29, 1.82) is 0 Å². The molecule has 3 nitrogen and oxygen atoms in total. The van der Waals surface area contributed by atoms with Crippen LogP contribution in [0.25, 0.3) is 0 Å². The molecule has 1 aliphatic rings. The Bertz CT molecular complexity index is 333. The Morgan fingerprint density at radius 1 is 1.35 bits per heavy atom. The number of allylic oxidation sites excluding steroid dienone is 1. The number of ether oxygens (including phenoxy) is 1. The van der Waals surface area contributed by atoms with Crippen molar-refractivity contribution in [1.82, 2.24) is 0 Å². The standard InChI is InChI=1S/C17H30O3/c1-12(2)10-11-13(3)17(19)14(4)15-8-6-5-7-9-16(18)20-15/h11-12,14-15,17,19H,5-10H2,1-4H3/b13-11+/t14?,15-,17-/m0/s1. The first-order chi connectivity index (χ1) is 9.41. The molecule has 1 fully saturated rings. The van der Waals surface area contributed by atoms with Gasteiger partial charge in [0, 0.05) is 12.3 Å². The molecule has 0 spiro atoms. The van der Waals surface area contributed by atoms with Crippen LogP contribution in [-0.4, -0.2) is 23.3 Å². The van der Waals surface area contributed by atoms with Crippen LogP contribution in [0.15, 0.2) is 11.6 Å². The molecule has 0 aromatic heterocycles. The largest absolute Gasteiger partial charge is 0.462 e. The van der Waals surface area contributed by atoms with Crippen LogP contribution < -0.4 is 0 Å². The zero-order valence-electron chi connectivity index (χ0n) is 13.4. The Hall–Kier alpha value is -0.830. The van der Waals surface area contributed by atoms with Crippen LogP contribution >= 0.6 is 0 Å². The van der Waals surface area contributed by atoms with Crippen LogP contribution in [0.4, 0.5) is 0 Å². The SMILES string of the molecule is C/C(=C\CC(C)C)[C@H](O)C(C)[C@@H]1CCCCCC(=O)O1. The first-order valence-corrected chi connectivity index (χ1v) is 7.96. The number of esters is 1. The van der Waals surface area contributed by atoms with E-state index in [2.05, 4.69) is 19.9 Å². The third-order valence-electron chi connectivity index (χ3n) is 4.11. The van der Waals surface area contributed by atoms with Gasteiger partial charge in [-0.15, -0.1) is 0 Å². The van der Waals surface area contributed by atoms with Gasteiger partial charge in [-0.1, -0.05) is 33.3 Å². The molecule has 116 valence electrons. The highest BCUT2D eigenvalue weighted by Gasteiger charge is 2.28. The molecule has 1 heterocycles. The summed E-state index contributed by atoms with van der Waals surface area (Å²) < 4.78 is 5.52. The fourth-order valence-corrected chi connectivity index (χ4v) is 2.61. The van der Waals surface area contributed by atoms with Crippen LogP contribution in [0.2, 0.25) is 0 Å². The first kappa shape index (κ1) is 17.2. The van der Waals surface area contributed by atoms with Crippen molar-refractivity contribution in [2.45, 2.75) is 78.4 Å². The van der Waals surface area contributed by atoms with Crippen molar-refractivity contribution in [2.24, 2.45) is 11.8 Å². The Kier molecular flexibility index (Phi) is 7.28. The lowest BCUT2D eigenvalue weighted by Gasteiger charge is -2.29. The Balaban J connectivity index is 2.63. The molecular formula is C17H30O3. The minimum Gasteiger partial charge on any atom is -0.462 e. The summed E-state index contributed by atoms with van der Waals surface area (Å²) in [4.78, 5) is 11.6. The lowest BCUT2D eigenvalue weighted by molar-refractivity contribution is -0.155. The number of hydrogen-bond donors (Lipinski definition) is 1. The smallest absolute Gasteiger partial charge is 0.306 e. The van der Waals surface area contributed by atoms with Gasteiger partial charge in [0.25, 0.3) is 0 Å². The van der Waals surface area contributed by atoms with E-state index >= 15 is 0 Å². The van der Waals surface area contributed by atoms with Gasteiger partial charge in [-0.3, -0.25) is 4.79 Å². The molecule has 1 saturated heterocycles. The summed E-state index contributed by atoms with van der Waals surface area (Å²) in [6.45, 7) is 8.28. The number of carbonyl (C=O) groups excluding carboxylic acids is 1. The summed E-state index contributed by atoms with van der Waals surface area (Å²) in [7, 11) is 0. The number of rotatable bonds is 5. The van der Waals surface area contributed by atoms with Gasteiger partial charge in [0.15, 0.2) is 0 Å². The molecule has 0 aliphatic carbocycles. The number of cyclic esters (lactones) is 1. The topological polar surface area (TPSA) is 46.5 Å². The van der Waals surface area contributed by atoms with Gasteiger partial charge < -0.3 is 9.84 Å². The lowest BCUT2D eigenvalue weighted by atomic mass is 9.88. The summed E-state index contributed by atoms with van der Waals surface area (Å²) >= 11 is 0. The molecule has 0 bridgehead atoms. The molecule has 1 unspecified atom stereocenters. The summed E-state index contributed by atoms with van der Waals surface area (Å²) in [5, 5.41) is 10.4. The maximum atomic E-state index is 11.6. The van der Waals surface area contributed by atoms with E-state index in [9.17, 15) is 9.90 Å². The molecule has 0 aromatic rings. The predicted octanol–water partition coefficient (Wildman–Crippen LogP) is 3.85. The van der Waals surface area contributed by atoms with E-state index in [1.165, 1.54) is 0 Å². The normalized spacial score (nSPS) is 24.8. The second-order valence-electron chi connectivity index (χ2n) is 6.51. The lowest BCUT2D eigenvalue weighted by Crippen LogP contribution is -2.34. The van der Waals surface area contributed by atoms with Crippen molar-refractivity contribution in [3.8, 4) is 0 Å². The van der Waals surface area contributed by atoms with Gasteiger partial charge in [-0.05, 0) is 44.1 Å². The molecular weight excluding hydrogens is 252 g/mol. The molecule has 0 amide bonds. The zero-order chi connectivity index (χ0) is 15.1. The van der Waals surface area contributed by atoms with Crippen molar-refractivity contribution < 1.29 is 14.6 Å². The minimum absolute atomic E-state index is 0.0412. The predicted molar refractivity (Wildman–Crippen MR) is 81.3 cm³/mol. The van der Waals surface area contributed by atoms with Crippen LogP contribution in [-0.2, 0) is 9.53 Å². The molecule has 1 aliphatic heterocycles. The first-order valence-electron chi connectivity index (χ1n) is 7.96. The fourth-order valence-electron chi connectivity index (χ4n) is 2.61. The average Bonchev–Trinajstić information content (AvgIpc) is 2.38. The molecule has 20 heavy (non-hydrogen) atoms. The maximum Gasteiger partial charge on any atom is 0.306 e. The van der Waals surface area contributed by atoms with E-state index in [4.69, 9.17) is 4.74 Å². The van der Waals surface area contributed by atoms with Crippen LogP contribution in [0.1, 0.15) is 66.2 Å². The second-order valence-corrected chi connectivity index (χ2v) is 6.51. The van der Waals surface area contributed by atoms with E-state index in [-0.39, 0.29) is 18.0 Å². The van der Waals surface area contributed by atoms with Crippen molar-refractivity contribution in [3.63, 3.8) is 0 Å². The average molecular weight is 282 g/mol.